The molecule has 0 bridgehead atoms. The number of benzene rings is 2. The third kappa shape index (κ3) is 5.93. The van der Waals surface area contributed by atoms with Crippen LogP contribution in [0, 0.1) is 0 Å². The molecule has 0 aliphatic carbocycles. The van der Waals surface area contributed by atoms with E-state index in [2.05, 4.69) is 15.0 Å². The Bertz CT molecular complexity index is 1520. The summed E-state index contributed by atoms with van der Waals surface area (Å²) in [6.07, 6.45) is -1.96. The highest BCUT2D eigenvalue weighted by molar-refractivity contribution is 6.34. The van der Waals surface area contributed by atoms with Gasteiger partial charge < -0.3 is 15.2 Å². The van der Waals surface area contributed by atoms with E-state index >= 15 is 0 Å². The van der Waals surface area contributed by atoms with Gasteiger partial charge in [-0.2, -0.15) is 18.2 Å². The summed E-state index contributed by atoms with van der Waals surface area (Å²) in [4.78, 5) is 26.1. The molecule has 0 amide bonds. The predicted octanol–water partition coefficient (Wildman–Crippen LogP) is 3.02. The van der Waals surface area contributed by atoms with Gasteiger partial charge in [-0.15, -0.1) is 0 Å². The van der Waals surface area contributed by atoms with Crippen LogP contribution < -0.4 is 20.8 Å². The van der Waals surface area contributed by atoms with Crippen LogP contribution in [0.1, 0.15) is 5.56 Å². The maximum atomic E-state index is 13.8. The van der Waals surface area contributed by atoms with Gasteiger partial charge in [-0.1, -0.05) is 6.07 Å². The normalized spacial score (nSPS) is 11.9. The molecule has 4 rings (SSSR count). The van der Waals surface area contributed by atoms with E-state index in [9.17, 15) is 18.0 Å². The Labute approximate surface area is 211 Å². The van der Waals surface area contributed by atoms with E-state index in [4.69, 9.17) is 30.9 Å². The molecule has 2 aromatic carbocycles. The minimum absolute atomic E-state index is 0.0107. The zero-order valence-electron chi connectivity index (χ0n) is 19.4. The van der Waals surface area contributed by atoms with E-state index in [1.165, 1.54) is 22.8 Å². The monoisotopic (exact) mass is 503 g/mol. The molecule has 37 heavy (non-hydrogen) atoms. The average molecular weight is 503 g/mol. The second-order valence-electron chi connectivity index (χ2n) is 7.83. The first-order valence-corrected chi connectivity index (χ1v) is 10.8. The number of aromatic nitrogens is 3. The van der Waals surface area contributed by atoms with Crippen molar-refractivity contribution in [1.82, 2.24) is 14.5 Å². The van der Waals surface area contributed by atoms with Crippen LogP contribution in [0.2, 0.25) is 0 Å². The summed E-state index contributed by atoms with van der Waals surface area (Å²) in [5.41, 5.74) is 7.91. The topological polar surface area (TPSA) is 105 Å². The lowest BCUT2D eigenvalue weighted by Crippen LogP contribution is -2.23. The van der Waals surface area contributed by atoms with Crippen LogP contribution >= 0.6 is 0 Å². The molecule has 2 N–H and O–H groups in total. The first kappa shape index (κ1) is 25.8. The zero-order chi connectivity index (χ0) is 26.7. The highest BCUT2D eigenvalue weighted by Gasteiger charge is 2.29. The smallest absolute Gasteiger partial charge is 0.422 e. The number of halogens is 3. The summed E-state index contributed by atoms with van der Waals surface area (Å²) in [6.45, 7) is -1.56. The third-order valence-corrected chi connectivity index (χ3v) is 5.10. The van der Waals surface area contributed by atoms with Crippen molar-refractivity contribution < 1.29 is 22.6 Å². The van der Waals surface area contributed by atoms with Crippen LogP contribution in [0.3, 0.4) is 0 Å². The molecule has 0 aliphatic heterocycles. The number of aliphatic imine (C=N–C) groups is 1. The number of hydrogen-bond acceptors (Lipinski definition) is 7. The number of rotatable bonds is 7. The summed E-state index contributed by atoms with van der Waals surface area (Å²) >= 11 is 0. The van der Waals surface area contributed by atoms with Gasteiger partial charge in [0.15, 0.2) is 12.3 Å². The number of pyridine rings is 1. The van der Waals surface area contributed by atoms with Crippen LogP contribution in [0.5, 0.6) is 11.6 Å². The van der Waals surface area contributed by atoms with Gasteiger partial charge in [0.05, 0.1) is 11.9 Å². The second-order valence-corrected chi connectivity index (χ2v) is 7.83. The van der Waals surface area contributed by atoms with E-state index in [-0.39, 0.29) is 16.7 Å². The highest BCUT2D eigenvalue weighted by Crippen LogP contribution is 2.26. The largest absolute Gasteiger partial charge is 0.510 e. The summed E-state index contributed by atoms with van der Waals surface area (Å²) in [5.74, 6) is -1.11. The van der Waals surface area contributed by atoms with E-state index < -0.39 is 30.1 Å². The van der Waals surface area contributed by atoms with Crippen molar-refractivity contribution in [2.75, 3.05) is 19.4 Å². The Kier molecular flexibility index (Phi) is 7.23. The van der Waals surface area contributed by atoms with Gasteiger partial charge in [-0.25, -0.2) is 4.98 Å². The zero-order valence-corrected chi connectivity index (χ0v) is 19.4. The molecule has 0 aliphatic rings. The molecule has 2 heterocycles. The Hall–Kier alpha value is -4.28. The molecule has 0 saturated heterocycles. The standard InChI is InChI=1S/C24H18B2F3N5O3/c1-31-10-14-8-13(2-7-18(14)30)17-9-19-21(33-20(11-32-19)36-12-24(27,28)29)34(22(17)35)15-3-5-16(6-4-15)37-23(25)26/h2-11,23H,12,30H2,1H3. The van der Waals surface area contributed by atoms with E-state index in [1.807, 2.05) is 0 Å². The molecule has 0 fully saturated rings. The van der Waals surface area contributed by atoms with Crippen molar-refractivity contribution >= 4 is 38.8 Å². The molecular weight excluding hydrogens is 485 g/mol. The predicted molar refractivity (Wildman–Crippen MR) is 136 cm³/mol. The molecule has 4 radical (unpaired) electrons. The van der Waals surface area contributed by atoms with Gasteiger partial charge in [0.2, 0.25) is 5.88 Å². The molecular formula is C24H18B2F3N5O3. The van der Waals surface area contributed by atoms with Crippen molar-refractivity contribution in [1.29, 1.82) is 0 Å². The van der Waals surface area contributed by atoms with Gasteiger partial charge in [0.25, 0.3) is 5.56 Å². The van der Waals surface area contributed by atoms with E-state index in [0.717, 1.165) is 6.20 Å². The number of ether oxygens (including phenoxy) is 2. The molecule has 0 unspecified atom stereocenters. The number of alkyl halides is 3. The fourth-order valence-corrected chi connectivity index (χ4v) is 3.55. The van der Waals surface area contributed by atoms with Crippen molar-refractivity contribution in [2.45, 2.75) is 12.1 Å². The van der Waals surface area contributed by atoms with Crippen molar-refractivity contribution in [3.05, 3.63) is 70.6 Å². The minimum atomic E-state index is -4.57. The van der Waals surface area contributed by atoms with Crippen LogP contribution in [0.15, 0.2) is 64.5 Å². The average Bonchev–Trinajstić information content (AvgIpc) is 2.84. The Balaban J connectivity index is 1.93. The molecule has 0 saturated carbocycles. The van der Waals surface area contributed by atoms with Gasteiger partial charge in [-0.3, -0.25) is 14.4 Å². The second kappa shape index (κ2) is 10.4. The van der Waals surface area contributed by atoms with Gasteiger partial charge in [-0.05, 0) is 48.0 Å². The van der Waals surface area contributed by atoms with Crippen molar-refractivity contribution in [3.63, 3.8) is 0 Å². The highest BCUT2D eigenvalue weighted by atomic mass is 19.4. The lowest BCUT2D eigenvalue weighted by atomic mass is 9.82. The molecule has 184 valence electrons. The maximum Gasteiger partial charge on any atom is 0.422 e. The van der Waals surface area contributed by atoms with Crippen LogP contribution in [0.4, 0.5) is 18.9 Å². The maximum absolute atomic E-state index is 13.8. The van der Waals surface area contributed by atoms with Crippen molar-refractivity contribution in [3.8, 4) is 28.4 Å². The first-order chi connectivity index (χ1) is 17.6. The SMILES string of the molecule is [B]C([B])Oc1ccc(-n2c(=O)c(-c3ccc(N)c(C=NC)c3)cc3ncc(OCC(F)(F)F)nc32)cc1. The van der Waals surface area contributed by atoms with Gasteiger partial charge >= 0.3 is 6.18 Å². The number of nitrogens with zero attached hydrogens (tertiary/aromatic N) is 4. The summed E-state index contributed by atoms with van der Waals surface area (Å²) < 4.78 is 49.2. The molecule has 4 aromatic rings. The Morgan fingerprint density at radius 2 is 1.89 bits per heavy atom. The molecule has 0 spiro atoms. The van der Waals surface area contributed by atoms with E-state index in [1.54, 1.807) is 43.6 Å². The number of fused-ring (bicyclic) bond motifs is 1. The summed E-state index contributed by atoms with van der Waals surface area (Å²) in [5, 5.41) is 0. The fourth-order valence-electron chi connectivity index (χ4n) is 3.55. The van der Waals surface area contributed by atoms with Crippen molar-refractivity contribution in [2.24, 2.45) is 4.99 Å². The number of nitrogen functional groups attached to an aromatic ring is 1. The van der Waals surface area contributed by atoms with Crippen LogP contribution in [-0.4, -0.2) is 62.2 Å². The molecule has 2 aromatic heterocycles. The molecule has 13 heteroatoms. The quantitative estimate of drug-likeness (QED) is 0.236. The lowest BCUT2D eigenvalue weighted by Gasteiger charge is -2.15. The molecule has 0 atom stereocenters. The minimum Gasteiger partial charge on any atom is -0.510 e. The fraction of sp³-hybridized carbons (Fsp3) is 0.167. The van der Waals surface area contributed by atoms with Gasteiger partial charge in [0.1, 0.15) is 27.0 Å². The Morgan fingerprint density at radius 3 is 2.54 bits per heavy atom. The third-order valence-electron chi connectivity index (χ3n) is 5.10. The van der Waals surface area contributed by atoms with E-state index in [0.29, 0.717) is 28.3 Å². The van der Waals surface area contributed by atoms with Crippen LogP contribution in [0.25, 0.3) is 28.0 Å². The Morgan fingerprint density at radius 1 is 1.16 bits per heavy atom. The number of anilines is 1. The lowest BCUT2D eigenvalue weighted by molar-refractivity contribution is -0.154. The number of nitrogens with two attached hydrogens (primary N) is 1. The first-order valence-electron chi connectivity index (χ1n) is 10.8. The molecule has 8 nitrogen and oxygen atoms in total. The van der Waals surface area contributed by atoms with Crippen LogP contribution in [-0.2, 0) is 0 Å². The number of hydrogen-bond donors (Lipinski definition) is 1. The summed E-state index contributed by atoms with van der Waals surface area (Å²) in [7, 11) is 12.5. The summed E-state index contributed by atoms with van der Waals surface area (Å²) in [6, 6.07) is 12.7. The van der Waals surface area contributed by atoms with Gasteiger partial charge in [0, 0.05) is 36.0 Å².